The fourth-order valence-corrected chi connectivity index (χ4v) is 2.78. The summed E-state index contributed by atoms with van der Waals surface area (Å²) < 4.78 is 0. The summed E-state index contributed by atoms with van der Waals surface area (Å²) in [7, 11) is 0. The van der Waals surface area contributed by atoms with Crippen molar-refractivity contribution in [1.82, 2.24) is 4.90 Å². The molecule has 0 saturated heterocycles. The van der Waals surface area contributed by atoms with Crippen LogP contribution in [0.2, 0.25) is 0 Å². The number of halogens is 1. The molecule has 0 N–H and O–H groups in total. The summed E-state index contributed by atoms with van der Waals surface area (Å²) in [6.45, 7) is 2.83. The lowest BCUT2D eigenvalue weighted by atomic mass is 9.89. The number of nitrogens with zero attached hydrogens (tertiary/aromatic N) is 1. The van der Waals surface area contributed by atoms with E-state index < -0.39 is 0 Å². The fraction of sp³-hybridized carbons (Fsp3) is 0.533. The Morgan fingerprint density at radius 2 is 2.06 bits per heavy atom. The van der Waals surface area contributed by atoms with E-state index in [1.54, 1.807) is 0 Å². The molecule has 98 valence electrons. The Morgan fingerprint density at radius 1 is 1.39 bits per heavy atom. The zero-order valence-electron chi connectivity index (χ0n) is 10.8. The van der Waals surface area contributed by atoms with Crippen molar-refractivity contribution in [1.29, 1.82) is 0 Å². The van der Waals surface area contributed by atoms with Crippen LogP contribution in [0.5, 0.6) is 0 Å². The largest absolute Gasteiger partial charge is 0.338 e. The van der Waals surface area contributed by atoms with Crippen LogP contribution in [0.4, 0.5) is 0 Å². The first kappa shape index (κ1) is 13.6. The summed E-state index contributed by atoms with van der Waals surface area (Å²) in [5.41, 5.74) is 1.11. The first-order valence-corrected chi connectivity index (χ1v) is 7.77. The minimum absolute atomic E-state index is 0.0363. The Labute approximate surface area is 117 Å². The summed E-state index contributed by atoms with van der Waals surface area (Å²) in [5.74, 6) is 0.233. The first-order chi connectivity index (χ1) is 8.74. The number of carbonyl (C=O) groups excluding carboxylic acids is 1. The van der Waals surface area contributed by atoms with E-state index in [0.29, 0.717) is 6.04 Å². The Hall–Kier alpha value is -0.830. The summed E-state index contributed by atoms with van der Waals surface area (Å²) in [6, 6.07) is 10.5. The van der Waals surface area contributed by atoms with E-state index in [1.165, 1.54) is 19.3 Å². The molecule has 0 heterocycles. The van der Waals surface area contributed by atoms with Crippen molar-refractivity contribution in [2.45, 2.75) is 38.1 Å². The van der Waals surface area contributed by atoms with Crippen LogP contribution in [0.1, 0.15) is 37.7 Å². The Kier molecular flexibility index (Phi) is 4.81. The molecule has 1 saturated carbocycles. The van der Waals surface area contributed by atoms with Crippen LogP contribution in [0.25, 0.3) is 0 Å². The predicted octanol–water partition coefficient (Wildman–Crippen LogP) is 3.57. The molecule has 1 aromatic rings. The van der Waals surface area contributed by atoms with Crippen molar-refractivity contribution in [3.05, 3.63) is 35.9 Å². The van der Waals surface area contributed by atoms with Gasteiger partial charge in [0, 0.05) is 17.9 Å². The molecule has 0 spiro atoms. The van der Waals surface area contributed by atoms with Gasteiger partial charge in [-0.15, -0.1) is 0 Å². The van der Waals surface area contributed by atoms with Gasteiger partial charge in [-0.05, 0) is 31.7 Å². The lowest BCUT2D eigenvalue weighted by Gasteiger charge is -2.38. The van der Waals surface area contributed by atoms with E-state index in [-0.39, 0.29) is 11.8 Å². The highest BCUT2D eigenvalue weighted by atomic mass is 79.9. The van der Waals surface area contributed by atoms with Crippen LogP contribution >= 0.6 is 15.9 Å². The number of rotatable bonds is 5. The molecule has 1 aromatic carbocycles. The minimum atomic E-state index is -0.0363. The van der Waals surface area contributed by atoms with Crippen LogP contribution in [0, 0.1) is 0 Å². The fourth-order valence-electron chi connectivity index (χ4n) is 2.40. The van der Waals surface area contributed by atoms with Gasteiger partial charge in [0.1, 0.15) is 0 Å². The molecular weight excluding hydrogens is 290 g/mol. The molecular formula is C15H20BrNO. The van der Waals surface area contributed by atoms with Gasteiger partial charge in [0.15, 0.2) is 0 Å². The van der Waals surface area contributed by atoms with Crippen LogP contribution in [-0.4, -0.2) is 28.7 Å². The van der Waals surface area contributed by atoms with Crippen molar-refractivity contribution >= 4 is 21.8 Å². The lowest BCUT2D eigenvalue weighted by Crippen LogP contribution is -2.46. The third kappa shape index (κ3) is 2.94. The van der Waals surface area contributed by atoms with Gasteiger partial charge in [-0.3, -0.25) is 4.79 Å². The molecule has 0 radical (unpaired) electrons. The summed E-state index contributed by atoms with van der Waals surface area (Å²) in [4.78, 5) is 14.6. The Balaban J connectivity index is 2.07. The van der Waals surface area contributed by atoms with E-state index in [9.17, 15) is 4.79 Å². The van der Waals surface area contributed by atoms with E-state index in [1.807, 2.05) is 37.3 Å². The molecule has 0 aromatic heterocycles. The van der Waals surface area contributed by atoms with E-state index >= 15 is 0 Å². The zero-order chi connectivity index (χ0) is 13.0. The van der Waals surface area contributed by atoms with Gasteiger partial charge in [-0.1, -0.05) is 46.3 Å². The van der Waals surface area contributed by atoms with Gasteiger partial charge in [0.05, 0.1) is 5.92 Å². The van der Waals surface area contributed by atoms with Crippen molar-refractivity contribution in [3.63, 3.8) is 0 Å². The van der Waals surface area contributed by atoms with Gasteiger partial charge < -0.3 is 4.90 Å². The predicted molar refractivity (Wildman–Crippen MR) is 78.0 cm³/mol. The molecule has 1 aliphatic rings. The van der Waals surface area contributed by atoms with Gasteiger partial charge >= 0.3 is 0 Å². The van der Waals surface area contributed by atoms with Crippen LogP contribution in [-0.2, 0) is 4.79 Å². The van der Waals surface area contributed by atoms with Crippen molar-refractivity contribution in [2.24, 2.45) is 0 Å². The van der Waals surface area contributed by atoms with Crippen LogP contribution < -0.4 is 0 Å². The van der Waals surface area contributed by atoms with Crippen molar-refractivity contribution in [2.75, 3.05) is 11.9 Å². The zero-order valence-corrected chi connectivity index (χ0v) is 12.4. The number of benzene rings is 1. The van der Waals surface area contributed by atoms with Gasteiger partial charge in [-0.25, -0.2) is 0 Å². The minimum Gasteiger partial charge on any atom is -0.338 e. The second-order valence-electron chi connectivity index (χ2n) is 4.94. The average molecular weight is 310 g/mol. The van der Waals surface area contributed by atoms with E-state index in [2.05, 4.69) is 20.8 Å². The van der Waals surface area contributed by atoms with Crippen LogP contribution in [0.3, 0.4) is 0 Å². The SMILES string of the molecule is CC(C(=O)N(CCBr)C1CCC1)c1ccccc1. The number of carbonyl (C=O) groups is 1. The lowest BCUT2D eigenvalue weighted by molar-refractivity contribution is -0.136. The highest BCUT2D eigenvalue weighted by Gasteiger charge is 2.31. The highest BCUT2D eigenvalue weighted by molar-refractivity contribution is 9.09. The second-order valence-corrected chi connectivity index (χ2v) is 5.73. The molecule has 3 heteroatoms. The first-order valence-electron chi connectivity index (χ1n) is 6.65. The standard InChI is InChI=1S/C15H20BrNO/c1-12(13-6-3-2-4-7-13)15(18)17(11-10-16)14-8-5-9-14/h2-4,6-7,12,14H,5,8-11H2,1H3. The van der Waals surface area contributed by atoms with Crippen molar-refractivity contribution < 1.29 is 4.79 Å². The molecule has 1 atom stereocenters. The Morgan fingerprint density at radius 3 is 2.56 bits per heavy atom. The third-order valence-corrected chi connectivity index (χ3v) is 4.15. The monoisotopic (exact) mass is 309 g/mol. The van der Waals surface area contributed by atoms with Gasteiger partial charge in [-0.2, -0.15) is 0 Å². The molecule has 2 rings (SSSR count). The smallest absolute Gasteiger partial charge is 0.230 e. The molecule has 0 bridgehead atoms. The third-order valence-electron chi connectivity index (χ3n) is 3.79. The second kappa shape index (κ2) is 6.37. The van der Waals surface area contributed by atoms with Crippen LogP contribution in [0.15, 0.2) is 30.3 Å². The van der Waals surface area contributed by atoms with E-state index in [4.69, 9.17) is 0 Å². The number of amides is 1. The number of alkyl halides is 1. The normalized spacial score (nSPS) is 17.0. The maximum absolute atomic E-state index is 12.6. The van der Waals surface area contributed by atoms with Crippen molar-refractivity contribution in [3.8, 4) is 0 Å². The highest BCUT2D eigenvalue weighted by Crippen LogP contribution is 2.28. The molecule has 18 heavy (non-hydrogen) atoms. The maximum atomic E-state index is 12.6. The molecule has 1 fully saturated rings. The van der Waals surface area contributed by atoms with Gasteiger partial charge in [0.25, 0.3) is 0 Å². The molecule has 1 aliphatic carbocycles. The molecule has 2 nitrogen and oxygen atoms in total. The quantitative estimate of drug-likeness (QED) is 0.762. The van der Waals surface area contributed by atoms with Gasteiger partial charge in [0.2, 0.25) is 5.91 Å². The Bertz CT molecular complexity index is 389. The topological polar surface area (TPSA) is 20.3 Å². The summed E-state index contributed by atoms with van der Waals surface area (Å²) in [5, 5.41) is 0.858. The molecule has 1 unspecified atom stereocenters. The summed E-state index contributed by atoms with van der Waals surface area (Å²) in [6.07, 6.45) is 3.59. The average Bonchev–Trinajstić information content (AvgIpc) is 2.35. The maximum Gasteiger partial charge on any atom is 0.230 e. The summed E-state index contributed by atoms with van der Waals surface area (Å²) >= 11 is 3.45. The number of hydrogen-bond acceptors (Lipinski definition) is 1. The van der Waals surface area contributed by atoms with E-state index in [0.717, 1.165) is 17.4 Å². The molecule has 0 aliphatic heterocycles. The number of hydrogen-bond donors (Lipinski definition) is 0. The molecule has 1 amide bonds.